The van der Waals surface area contributed by atoms with E-state index in [1.165, 1.54) is 22.4 Å². The van der Waals surface area contributed by atoms with Crippen molar-refractivity contribution in [3.05, 3.63) is 66.4 Å². The third-order valence-corrected chi connectivity index (χ3v) is 6.01. The standard InChI is InChI=1S/C18H19N7O2S/c26-28(27,11-6-16-4-2-1-3-5-16)24-9-7-23(8-10-24)17-12-18(21-14-20-17)25-15-19-13-22-25/h1-6,11-15H,7-10H2/b11-6+. The molecule has 0 atom stereocenters. The second-order valence-electron chi connectivity index (χ2n) is 6.22. The minimum absolute atomic E-state index is 0.393. The summed E-state index contributed by atoms with van der Waals surface area (Å²) in [5.74, 6) is 1.35. The van der Waals surface area contributed by atoms with Crippen molar-refractivity contribution in [1.82, 2.24) is 29.0 Å². The maximum atomic E-state index is 12.6. The molecule has 0 aliphatic carbocycles. The first-order chi connectivity index (χ1) is 13.6. The molecule has 10 heteroatoms. The molecular formula is C18H19N7O2S. The highest BCUT2D eigenvalue weighted by atomic mass is 32.2. The van der Waals surface area contributed by atoms with E-state index in [1.54, 1.807) is 17.1 Å². The van der Waals surface area contributed by atoms with Crippen molar-refractivity contribution in [1.29, 1.82) is 0 Å². The largest absolute Gasteiger partial charge is 0.354 e. The molecular weight excluding hydrogens is 378 g/mol. The molecule has 1 aliphatic rings. The monoisotopic (exact) mass is 397 g/mol. The highest BCUT2D eigenvalue weighted by Crippen LogP contribution is 2.17. The number of aromatic nitrogens is 5. The molecule has 1 fully saturated rings. The Morgan fingerprint density at radius 2 is 1.68 bits per heavy atom. The number of anilines is 1. The van der Waals surface area contributed by atoms with Crippen LogP contribution >= 0.6 is 0 Å². The van der Waals surface area contributed by atoms with Gasteiger partial charge in [-0.05, 0) is 11.6 Å². The summed E-state index contributed by atoms with van der Waals surface area (Å²) in [7, 11) is -3.46. The van der Waals surface area contributed by atoms with Crippen molar-refractivity contribution in [2.75, 3.05) is 31.1 Å². The Hall–Kier alpha value is -3.11. The molecule has 144 valence electrons. The predicted molar refractivity (Wildman–Crippen MR) is 105 cm³/mol. The van der Waals surface area contributed by atoms with Crippen molar-refractivity contribution in [3.8, 4) is 5.82 Å². The van der Waals surface area contributed by atoms with E-state index in [0.717, 1.165) is 11.4 Å². The van der Waals surface area contributed by atoms with Crippen LogP contribution in [0.1, 0.15) is 5.56 Å². The maximum absolute atomic E-state index is 12.6. The molecule has 0 radical (unpaired) electrons. The lowest BCUT2D eigenvalue weighted by Gasteiger charge is -2.34. The smallest absolute Gasteiger partial charge is 0.236 e. The first-order valence-corrected chi connectivity index (χ1v) is 10.3. The summed E-state index contributed by atoms with van der Waals surface area (Å²) in [6, 6.07) is 11.2. The molecule has 9 nitrogen and oxygen atoms in total. The number of hydrogen-bond donors (Lipinski definition) is 0. The molecule has 2 aromatic heterocycles. The van der Waals surface area contributed by atoms with Crippen molar-refractivity contribution in [2.45, 2.75) is 0 Å². The third kappa shape index (κ3) is 4.07. The number of sulfonamides is 1. The van der Waals surface area contributed by atoms with Gasteiger partial charge in [0, 0.05) is 37.7 Å². The van der Waals surface area contributed by atoms with Crippen LogP contribution in [0.4, 0.5) is 5.82 Å². The van der Waals surface area contributed by atoms with Crippen LogP contribution in [-0.4, -0.2) is 63.6 Å². The van der Waals surface area contributed by atoms with Gasteiger partial charge < -0.3 is 4.90 Å². The number of benzene rings is 1. The average Bonchev–Trinajstić information content (AvgIpc) is 3.28. The van der Waals surface area contributed by atoms with Gasteiger partial charge in [0.15, 0.2) is 5.82 Å². The molecule has 0 saturated carbocycles. The molecule has 0 N–H and O–H groups in total. The fourth-order valence-electron chi connectivity index (χ4n) is 2.95. The second-order valence-corrected chi connectivity index (χ2v) is 8.04. The van der Waals surface area contributed by atoms with Gasteiger partial charge in [0.1, 0.15) is 24.8 Å². The topological polar surface area (TPSA) is 97.1 Å². The molecule has 0 bridgehead atoms. The van der Waals surface area contributed by atoms with E-state index in [4.69, 9.17) is 0 Å². The van der Waals surface area contributed by atoms with E-state index in [1.807, 2.05) is 41.3 Å². The van der Waals surface area contributed by atoms with Crippen LogP contribution in [0.2, 0.25) is 0 Å². The lowest BCUT2D eigenvalue weighted by atomic mass is 10.2. The van der Waals surface area contributed by atoms with E-state index >= 15 is 0 Å². The molecule has 0 spiro atoms. The lowest BCUT2D eigenvalue weighted by Crippen LogP contribution is -2.48. The minimum atomic E-state index is -3.46. The summed E-state index contributed by atoms with van der Waals surface area (Å²) in [6.07, 6.45) is 6.10. The quantitative estimate of drug-likeness (QED) is 0.638. The van der Waals surface area contributed by atoms with E-state index in [0.29, 0.717) is 32.0 Å². The Morgan fingerprint density at radius 1 is 0.929 bits per heavy atom. The molecule has 0 amide bonds. The highest BCUT2D eigenvalue weighted by Gasteiger charge is 2.25. The van der Waals surface area contributed by atoms with E-state index < -0.39 is 10.0 Å². The molecule has 1 aliphatic heterocycles. The Labute approximate surface area is 163 Å². The van der Waals surface area contributed by atoms with Crippen molar-refractivity contribution in [3.63, 3.8) is 0 Å². The van der Waals surface area contributed by atoms with E-state index in [-0.39, 0.29) is 0 Å². The van der Waals surface area contributed by atoms with Crippen LogP contribution in [-0.2, 0) is 10.0 Å². The Kier molecular flexibility index (Phi) is 5.13. The molecule has 1 aromatic carbocycles. The van der Waals surface area contributed by atoms with Crippen LogP contribution in [0.5, 0.6) is 0 Å². The number of rotatable bonds is 5. The third-order valence-electron chi connectivity index (χ3n) is 4.45. The number of piperazine rings is 1. The SMILES string of the molecule is O=S(=O)(/C=C/c1ccccc1)N1CCN(c2cc(-n3cncn3)ncn2)CC1. The molecule has 1 saturated heterocycles. The number of hydrogen-bond acceptors (Lipinski definition) is 7. The van der Waals surface area contributed by atoms with Gasteiger partial charge in [-0.15, -0.1) is 0 Å². The van der Waals surface area contributed by atoms with Crippen molar-refractivity contribution in [2.24, 2.45) is 0 Å². The zero-order valence-corrected chi connectivity index (χ0v) is 15.9. The summed E-state index contributed by atoms with van der Waals surface area (Å²) in [5.41, 5.74) is 0.853. The first-order valence-electron chi connectivity index (χ1n) is 8.77. The highest BCUT2D eigenvalue weighted by molar-refractivity contribution is 7.92. The van der Waals surface area contributed by atoms with Crippen LogP contribution in [0.15, 0.2) is 60.8 Å². The van der Waals surface area contributed by atoms with Crippen LogP contribution in [0, 0.1) is 0 Å². The van der Waals surface area contributed by atoms with Gasteiger partial charge in [-0.25, -0.2) is 28.1 Å². The van der Waals surface area contributed by atoms with Gasteiger partial charge in [0.05, 0.1) is 0 Å². The lowest BCUT2D eigenvalue weighted by molar-refractivity contribution is 0.389. The van der Waals surface area contributed by atoms with Gasteiger partial charge in [-0.1, -0.05) is 30.3 Å². The molecule has 0 unspecified atom stereocenters. The van der Waals surface area contributed by atoms with Crippen LogP contribution in [0.3, 0.4) is 0 Å². The first kappa shape index (κ1) is 18.3. The fourth-order valence-corrected chi connectivity index (χ4v) is 4.12. The van der Waals surface area contributed by atoms with E-state index in [9.17, 15) is 8.42 Å². The zero-order valence-electron chi connectivity index (χ0n) is 15.0. The molecule has 3 aromatic rings. The average molecular weight is 397 g/mol. The van der Waals surface area contributed by atoms with E-state index in [2.05, 4.69) is 20.1 Å². The molecule has 4 rings (SSSR count). The zero-order chi connectivity index (χ0) is 19.4. The summed E-state index contributed by atoms with van der Waals surface area (Å²) in [4.78, 5) is 14.5. The number of nitrogens with zero attached hydrogens (tertiary/aromatic N) is 7. The summed E-state index contributed by atoms with van der Waals surface area (Å²) in [5, 5.41) is 5.33. The van der Waals surface area contributed by atoms with Gasteiger partial charge in [0.25, 0.3) is 0 Å². The predicted octanol–water partition coefficient (Wildman–Crippen LogP) is 1.18. The summed E-state index contributed by atoms with van der Waals surface area (Å²) in [6.45, 7) is 1.88. The van der Waals surface area contributed by atoms with Gasteiger partial charge in [-0.3, -0.25) is 0 Å². The molecule has 28 heavy (non-hydrogen) atoms. The van der Waals surface area contributed by atoms with Crippen molar-refractivity contribution >= 4 is 21.9 Å². The minimum Gasteiger partial charge on any atom is -0.354 e. The Balaban J connectivity index is 1.42. The summed E-state index contributed by atoms with van der Waals surface area (Å²) < 4.78 is 28.2. The normalized spacial score (nSPS) is 15.9. The molecule has 3 heterocycles. The summed E-state index contributed by atoms with van der Waals surface area (Å²) >= 11 is 0. The second kappa shape index (κ2) is 7.87. The van der Waals surface area contributed by atoms with Crippen LogP contribution in [0.25, 0.3) is 11.9 Å². The Bertz CT molecular complexity index is 1040. The Morgan fingerprint density at radius 3 is 2.39 bits per heavy atom. The van der Waals surface area contributed by atoms with Gasteiger partial charge in [-0.2, -0.15) is 9.40 Å². The van der Waals surface area contributed by atoms with Gasteiger partial charge in [0.2, 0.25) is 10.0 Å². The van der Waals surface area contributed by atoms with Crippen LogP contribution < -0.4 is 4.90 Å². The van der Waals surface area contributed by atoms with Gasteiger partial charge >= 0.3 is 0 Å². The maximum Gasteiger partial charge on any atom is 0.236 e. The fraction of sp³-hybridized carbons (Fsp3) is 0.222. The van der Waals surface area contributed by atoms with Crippen molar-refractivity contribution < 1.29 is 8.42 Å².